The van der Waals surface area contributed by atoms with Gasteiger partial charge in [0.1, 0.15) is 0 Å². The monoisotopic (exact) mass is 417 g/mol. The van der Waals surface area contributed by atoms with Crippen LogP contribution >= 0.6 is 0 Å². The van der Waals surface area contributed by atoms with Crippen molar-refractivity contribution in [1.29, 1.82) is 0 Å². The number of likely N-dealkylation sites (tertiary alicyclic amines) is 1. The molecule has 3 fully saturated rings. The van der Waals surface area contributed by atoms with Gasteiger partial charge in [0.15, 0.2) is 0 Å². The fourth-order valence-electron chi connectivity index (χ4n) is 5.88. The second kappa shape index (κ2) is 9.37. The Bertz CT molecular complexity index is 729. The Kier molecular flexibility index (Phi) is 6.80. The van der Waals surface area contributed by atoms with Gasteiger partial charge in [-0.25, -0.2) is 0 Å². The molecule has 3 heterocycles. The summed E-state index contributed by atoms with van der Waals surface area (Å²) in [6.45, 7) is 14.6. The Morgan fingerprint density at radius 2 is 2.03 bits per heavy atom. The molecule has 1 saturated carbocycles. The molecule has 1 aliphatic carbocycles. The van der Waals surface area contributed by atoms with Crippen molar-refractivity contribution in [2.75, 3.05) is 45.9 Å². The molecule has 7 nitrogen and oxygen atoms in total. The lowest BCUT2D eigenvalue weighted by Gasteiger charge is -2.53. The molecule has 3 aliphatic rings. The summed E-state index contributed by atoms with van der Waals surface area (Å²) >= 11 is 0. The van der Waals surface area contributed by atoms with Crippen LogP contribution in [0, 0.1) is 18.3 Å². The zero-order valence-electron chi connectivity index (χ0n) is 19.0. The Balaban J connectivity index is 1.46. The summed E-state index contributed by atoms with van der Waals surface area (Å²) < 4.78 is 7.51. The van der Waals surface area contributed by atoms with Crippen LogP contribution in [0.1, 0.15) is 50.8 Å². The molecule has 2 aliphatic heterocycles. The minimum Gasteiger partial charge on any atom is -0.379 e. The molecule has 0 spiro atoms. The van der Waals surface area contributed by atoms with E-state index in [4.69, 9.17) is 4.74 Å². The van der Waals surface area contributed by atoms with Crippen molar-refractivity contribution in [3.63, 3.8) is 0 Å². The van der Waals surface area contributed by atoms with Crippen molar-refractivity contribution >= 4 is 5.91 Å². The number of fused-ring (bicyclic) bond motifs is 1. The molecule has 4 rings (SSSR count). The molecular weight excluding hydrogens is 378 g/mol. The minimum absolute atomic E-state index is 0.244. The lowest BCUT2D eigenvalue weighted by Crippen LogP contribution is -2.60. The SMILES string of the molecule is CCN1CC[C@@H]2C[C@@H](N3CCOCC3)CC[C@@]2(C(=O)NCc2cn(CC)nc2C)C1. The largest absolute Gasteiger partial charge is 0.379 e. The van der Waals surface area contributed by atoms with Gasteiger partial charge >= 0.3 is 0 Å². The standard InChI is InChI=1S/C23H39N5O2/c1-4-26-9-7-20-14-21(27-10-12-30-13-11-27)6-8-23(20,17-26)22(29)24-15-19-16-28(5-2)25-18(19)3/h16,20-21H,4-15,17H2,1-3H3,(H,24,29)/t20-,21+,23-/m1/s1. The van der Waals surface area contributed by atoms with E-state index in [0.717, 1.165) is 89.4 Å². The van der Waals surface area contributed by atoms with E-state index in [1.165, 1.54) is 0 Å². The van der Waals surface area contributed by atoms with Gasteiger partial charge in [-0.3, -0.25) is 14.4 Å². The molecule has 2 saturated heterocycles. The van der Waals surface area contributed by atoms with Gasteiger partial charge in [-0.05, 0) is 58.5 Å². The van der Waals surface area contributed by atoms with Crippen LogP contribution < -0.4 is 5.32 Å². The molecule has 0 aromatic carbocycles. The van der Waals surface area contributed by atoms with E-state index in [-0.39, 0.29) is 11.3 Å². The molecule has 0 unspecified atom stereocenters. The lowest BCUT2D eigenvalue weighted by molar-refractivity contribution is -0.145. The van der Waals surface area contributed by atoms with Gasteiger partial charge in [0.05, 0.1) is 24.3 Å². The van der Waals surface area contributed by atoms with Crippen molar-refractivity contribution in [1.82, 2.24) is 24.9 Å². The van der Waals surface area contributed by atoms with Crippen molar-refractivity contribution in [2.45, 2.75) is 65.6 Å². The predicted octanol–water partition coefficient (Wildman–Crippen LogP) is 2.04. The zero-order chi connectivity index (χ0) is 21.1. The number of carbonyl (C=O) groups is 1. The number of aromatic nitrogens is 2. The highest BCUT2D eigenvalue weighted by atomic mass is 16.5. The highest BCUT2D eigenvalue weighted by Crippen LogP contribution is 2.47. The number of hydrogen-bond donors (Lipinski definition) is 1. The van der Waals surface area contributed by atoms with Gasteiger partial charge in [0.2, 0.25) is 5.91 Å². The number of rotatable bonds is 6. The van der Waals surface area contributed by atoms with E-state index in [0.29, 0.717) is 18.5 Å². The Hall–Kier alpha value is -1.44. The second-order valence-corrected chi connectivity index (χ2v) is 9.37. The minimum atomic E-state index is -0.244. The first-order valence-corrected chi connectivity index (χ1v) is 11.9. The van der Waals surface area contributed by atoms with Gasteiger partial charge in [-0.15, -0.1) is 0 Å². The molecular formula is C23H39N5O2. The molecule has 0 bridgehead atoms. The third kappa shape index (κ3) is 4.30. The van der Waals surface area contributed by atoms with Gasteiger partial charge in [-0.2, -0.15) is 5.10 Å². The number of hydrogen-bond acceptors (Lipinski definition) is 5. The number of piperidine rings is 1. The van der Waals surface area contributed by atoms with E-state index < -0.39 is 0 Å². The average Bonchev–Trinajstić information content (AvgIpc) is 3.16. The maximum atomic E-state index is 13.7. The zero-order valence-corrected chi connectivity index (χ0v) is 19.0. The number of morpholine rings is 1. The maximum absolute atomic E-state index is 13.7. The Labute approximate surface area is 181 Å². The highest BCUT2D eigenvalue weighted by molar-refractivity contribution is 5.83. The van der Waals surface area contributed by atoms with Crippen LogP contribution in [0.3, 0.4) is 0 Å². The third-order valence-corrected chi connectivity index (χ3v) is 7.83. The molecule has 0 radical (unpaired) electrons. The summed E-state index contributed by atoms with van der Waals surface area (Å²) in [7, 11) is 0. The lowest BCUT2D eigenvalue weighted by atomic mass is 9.61. The van der Waals surface area contributed by atoms with E-state index >= 15 is 0 Å². The van der Waals surface area contributed by atoms with Crippen LogP contribution in [-0.4, -0.2) is 77.5 Å². The van der Waals surface area contributed by atoms with Gasteiger partial charge < -0.3 is 15.0 Å². The van der Waals surface area contributed by atoms with Gasteiger partial charge in [0.25, 0.3) is 0 Å². The molecule has 1 amide bonds. The van der Waals surface area contributed by atoms with Crippen molar-refractivity contribution in [3.8, 4) is 0 Å². The van der Waals surface area contributed by atoms with Crippen LogP contribution in [0.5, 0.6) is 0 Å². The molecule has 7 heteroatoms. The van der Waals surface area contributed by atoms with Crippen LogP contribution in [0.2, 0.25) is 0 Å². The van der Waals surface area contributed by atoms with Crippen LogP contribution in [-0.2, 0) is 22.6 Å². The van der Waals surface area contributed by atoms with E-state index in [2.05, 4.69) is 40.3 Å². The summed E-state index contributed by atoms with van der Waals surface area (Å²) in [5.74, 6) is 0.732. The number of ether oxygens (including phenoxy) is 1. The van der Waals surface area contributed by atoms with Crippen LogP contribution in [0.15, 0.2) is 6.20 Å². The summed E-state index contributed by atoms with van der Waals surface area (Å²) in [4.78, 5) is 18.7. The normalized spacial score (nSPS) is 30.8. The number of nitrogens with one attached hydrogen (secondary N) is 1. The van der Waals surface area contributed by atoms with E-state index in [1.807, 2.05) is 11.6 Å². The molecule has 1 aromatic rings. The number of aryl methyl sites for hydroxylation is 2. The highest BCUT2D eigenvalue weighted by Gasteiger charge is 2.52. The smallest absolute Gasteiger partial charge is 0.228 e. The summed E-state index contributed by atoms with van der Waals surface area (Å²) in [5.41, 5.74) is 1.90. The van der Waals surface area contributed by atoms with Crippen LogP contribution in [0.25, 0.3) is 0 Å². The summed E-state index contributed by atoms with van der Waals surface area (Å²) in [6, 6.07) is 0.609. The number of carbonyl (C=O) groups excluding carboxylic acids is 1. The first-order valence-electron chi connectivity index (χ1n) is 11.9. The first-order chi connectivity index (χ1) is 14.6. The molecule has 168 valence electrons. The predicted molar refractivity (Wildman–Crippen MR) is 117 cm³/mol. The maximum Gasteiger partial charge on any atom is 0.228 e. The molecule has 1 aromatic heterocycles. The summed E-state index contributed by atoms with van der Waals surface area (Å²) in [5, 5.41) is 7.85. The second-order valence-electron chi connectivity index (χ2n) is 9.37. The molecule has 30 heavy (non-hydrogen) atoms. The van der Waals surface area contributed by atoms with Crippen molar-refractivity contribution in [2.24, 2.45) is 11.3 Å². The fraction of sp³-hybridized carbons (Fsp3) is 0.826. The molecule has 3 atom stereocenters. The van der Waals surface area contributed by atoms with Crippen molar-refractivity contribution < 1.29 is 9.53 Å². The van der Waals surface area contributed by atoms with Crippen molar-refractivity contribution in [3.05, 3.63) is 17.5 Å². The number of amides is 1. The third-order valence-electron chi connectivity index (χ3n) is 7.83. The fourth-order valence-corrected chi connectivity index (χ4v) is 5.88. The van der Waals surface area contributed by atoms with Gasteiger partial charge in [0, 0.05) is 50.5 Å². The number of nitrogens with zero attached hydrogens (tertiary/aromatic N) is 4. The van der Waals surface area contributed by atoms with E-state index in [1.54, 1.807) is 0 Å². The average molecular weight is 418 g/mol. The van der Waals surface area contributed by atoms with E-state index in [9.17, 15) is 4.79 Å². The summed E-state index contributed by atoms with van der Waals surface area (Å²) in [6.07, 6.45) is 6.47. The van der Waals surface area contributed by atoms with Crippen LogP contribution in [0.4, 0.5) is 0 Å². The quantitative estimate of drug-likeness (QED) is 0.768. The van der Waals surface area contributed by atoms with Gasteiger partial charge in [-0.1, -0.05) is 6.92 Å². The topological polar surface area (TPSA) is 62.6 Å². The molecule has 1 N–H and O–H groups in total. The Morgan fingerprint density at radius 1 is 1.23 bits per heavy atom. The Morgan fingerprint density at radius 3 is 2.73 bits per heavy atom. The first kappa shape index (κ1) is 21.8.